The van der Waals surface area contributed by atoms with Crippen molar-refractivity contribution >= 4 is 17.4 Å². The molecule has 7 heteroatoms. The van der Waals surface area contributed by atoms with Gasteiger partial charge in [0, 0.05) is 19.5 Å². The van der Waals surface area contributed by atoms with Crippen LogP contribution in [0.2, 0.25) is 0 Å². The SMILES string of the molecule is CCCCn1c(N)c(N(CC)C(=O)CCc2ccc(CC)cc2)c(=O)[nH]c1=O. The summed E-state index contributed by atoms with van der Waals surface area (Å²) in [5.41, 5.74) is 7.33. The highest BCUT2D eigenvalue weighted by Gasteiger charge is 2.22. The van der Waals surface area contributed by atoms with Crippen LogP contribution in [-0.2, 0) is 24.2 Å². The number of nitrogen functional groups attached to an aromatic ring is 1. The number of aromatic amines is 1. The third-order valence-electron chi connectivity index (χ3n) is 4.90. The van der Waals surface area contributed by atoms with Gasteiger partial charge in [0.15, 0.2) is 5.69 Å². The fourth-order valence-corrected chi connectivity index (χ4v) is 3.16. The number of nitrogens with one attached hydrogen (secondary N) is 1. The number of H-pyrrole nitrogens is 1. The third-order valence-corrected chi connectivity index (χ3v) is 4.90. The van der Waals surface area contributed by atoms with Gasteiger partial charge in [-0.05, 0) is 37.3 Å². The lowest BCUT2D eigenvalue weighted by Gasteiger charge is -2.23. The molecule has 1 heterocycles. The van der Waals surface area contributed by atoms with Gasteiger partial charge in [-0.25, -0.2) is 4.79 Å². The molecule has 1 aromatic carbocycles. The number of carbonyl (C=O) groups excluding carboxylic acids is 1. The van der Waals surface area contributed by atoms with Gasteiger partial charge in [-0.3, -0.25) is 19.1 Å². The zero-order valence-corrected chi connectivity index (χ0v) is 17.0. The number of nitrogens with zero attached hydrogens (tertiary/aromatic N) is 2. The highest BCUT2D eigenvalue weighted by Crippen LogP contribution is 2.18. The van der Waals surface area contributed by atoms with E-state index < -0.39 is 11.2 Å². The Bertz CT molecular complexity index is 913. The molecule has 0 bridgehead atoms. The van der Waals surface area contributed by atoms with E-state index in [1.54, 1.807) is 6.92 Å². The van der Waals surface area contributed by atoms with E-state index in [4.69, 9.17) is 5.73 Å². The van der Waals surface area contributed by atoms with E-state index in [1.165, 1.54) is 15.0 Å². The second-order valence-electron chi connectivity index (χ2n) is 6.81. The Morgan fingerprint density at radius 2 is 1.75 bits per heavy atom. The van der Waals surface area contributed by atoms with Crippen molar-refractivity contribution in [2.75, 3.05) is 17.2 Å². The van der Waals surface area contributed by atoms with Crippen LogP contribution in [0.5, 0.6) is 0 Å². The van der Waals surface area contributed by atoms with Gasteiger partial charge >= 0.3 is 5.69 Å². The van der Waals surface area contributed by atoms with Crippen molar-refractivity contribution in [1.29, 1.82) is 0 Å². The maximum atomic E-state index is 12.8. The van der Waals surface area contributed by atoms with Crippen molar-refractivity contribution < 1.29 is 4.79 Å². The number of aryl methyl sites for hydroxylation is 2. The zero-order chi connectivity index (χ0) is 20.7. The van der Waals surface area contributed by atoms with Crippen LogP contribution in [0.1, 0.15) is 51.2 Å². The van der Waals surface area contributed by atoms with Crippen molar-refractivity contribution in [1.82, 2.24) is 9.55 Å². The molecule has 28 heavy (non-hydrogen) atoms. The fraction of sp³-hybridized carbons (Fsp3) is 0.476. The van der Waals surface area contributed by atoms with Crippen LogP contribution < -0.4 is 21.9 Å². The Balaban J connectivity index is 2.24. The number of amides is 1. The second-order valence-corrected chi connectivity index (χ2v) is 6.81. The second kappa shape index (κ2) is 9.92. The van der Waals surface area contributed by atoms with Crippen LogP contribution in [0.25, 0.3) is 0 Å². The molecule has 7 nitrogen and oxygen atoms in total. The van der Waals surface area contributed by atoms with Crippen molar-refractivity contribution in [3.05, 3.63) is 56.2 Å². The van der Waals surface area contributed by atoms with Gasteiger partial charge < -0.3 is 10.6 Å². The Labute approximate surface area is 165 Å². The van der Waals surface area contributed by atoms with Crippen LogP contribution in [0.15, 0.2) is 33.9 Å². The molecule has 0 aliphatic heterocycles. The molecule has 0 atom stereocenters. The molecule has 152 valence electrons. The van der Waals surface area contributed by atoms with Crippen LogP contribution in [0.4, 0.5) is 11.5 Å². The summed E-state index contributed by atoms with van der Waals surface area (Å²) >= 11 is 0. The Morgan fingerprint density at radius 3 is 2.32 bits per heavy atom. The Morgan fingerprint density at radius 1 is 1.11 bits per heavy atom. The first kappa shape index (κ1) is 21.5. The van der Waals surface area contributed by atoms with Crippen LogP contribution >= 0.6 is 0 Å². The average Bonchev–Trinajstić information content (AvgIpc) is 2.69. The summed E-state index contributed by atoms with van der Waals surface area (Å²) in [5, 5.41) is 0. The van der Waals surface area contributed by atoms with Crippen LogP contribution in [0, 0.1) is 0 Å². The zero-order valence-electron chi connectivity index (χ0n) is 17.0. The quantitative estimate of drug-likeness (QED) is 0.691. The van der Waals surface area contributed by atoms with E-state index in [-0.39, 0.29) is 23.8 Å². The predicted octanol–water partition coefficient (Wildman–Crippen LogP) is 2.47. The first-order valence-corrected chi connectivity index (χ1v) is 9.93. The Kier molecular flexibility index (Phi) is 7.61. The van der Waals surface area contributed by atoms with Crippen molar-refractivity contribution in [2.24, 2.45) is 0 Å². The minimum absolute atomic E-state index is 0.0460. The molecule has 0 radical (unpaired) electrons. The van der Waals surface area contributed by atoms with Gasteiger partial charge in [-0.2, -0.15) is 0 Å². The van der Waals surface area contributed by atoms with Gasteiger partial charge in [-0.15, -0.1) is 0 Å². The topological polar surface area (TPSA) is 101 Å². The maximum absolute atomic E-state index is 12.8. The molecule has 2 aromatic rings. The van der Waals surface area contributed by atoms with E-state index >= 15 is 0 Å². The number of unbranched alkanes of at least 4 members (excludes halogenated alkanes) is 1. The number of anilines is 2. The molecular weight excluding hydrogens is 356 g/mol. The van der Waals surface area contributed by atoms with Gasteiger partial charge in [0.05, 0.1) is 0 Å². The van der Waals surface area contributed by atoms with Crippen LogP contribution in [0.3, 0.4) is 0 Å². The number of hydrogen-bond donors (Lipinski definition) is 2. The number of carbonyl (C=O) groups is 1. The van der Waals surface area contributed by atoms with E-state index in [9.17, 15) is 14.4 Å². The van der Waals surface area contributed by atoms with Gasteiger partial charge in [0.1, 0.15) is 5.82 Å². The smallest absolute Gasteiger partial charge is 0.330 e. The monoisotopic (exact) mass is 386 g/mol. The molecule has 3 N–H and O–H groups in total. The van der Waals surface area contributed by atoms with E-state index in [0.717, 1.165) is 24.8 Å². The highest BCUT2D eigenvalue weighted by atomic mass is 16.2. The molecule has 0 aliphatic carbocycles. The standard InChI is InChI=1S/C21H30N4O3/c1-4-7-14-25-19(22)18(20(27)23-21(25)28)24(6-3)17(26)13-12-16-10-8-15(5-2)9-11-16/h8-11H,4-7,12-14,22H2,1-3H3,(H,23,27,28). The van der Waals surface area contributed by atoms with Crippen LogP contribution in [-0.4, -0.2) is 22.0 Å². The molecule has 0 aliphatic rings. The predicted molar refractivity (Wildman–Crippen MR) is 113 cm³/mol. The molecule has 2 rings (SSSR count). The van der Waals surface area contributed by atoms with Gasteiger partial charge in [-0.1, -0.05) is 44.5 Å². The number of rotatable bonds is 9. The minimum atomic E-state index is -0.627. The summed E-state index contributed by atoms with van der Waals surface area (Å²) in [4.78, 5) is 41.0. The van der Waals surface area contributed by atoms with Gasteiger partial charge in [0.2, 0.25) is 5.91 Å². The molecule has 0 saturated heterocycles. The first-order chi connectivity index (χ1) is 13.4. The lowest BCUT2D eigenvalue weighted by atomic mass is 10.1. The fourth-order valence-electron chi connectivity index (χ4n) is 3.16. The molecule has 0 fully saturated rings. The molecular formula is C21H30N4O3. The number of nitrogens with two attached hydrogens (primary N) is 1. The van der Waals surface area contributed by atoms with E-state index in [2.05, 4.69) is 24.0 Å². The normalized spacial score (nSPS) is 10.8. The molecule has 0 saturated carbocycles. The maximum Gasteiger partial charge on any atom is 0.330 e. The molecule has 0 spiro atoms. The van der Waals surface area contributed by atoms with Crippen molar-refractivity contribution in [3.63, 3.8) is 0 Å². The number of benzene rings is 1. The van der Waals surface area contributed by atoms with E-state index in [0.29, 0.717) is 19.5 Å². The summed E-state index contributed by atoms with van der Waals surface area (Å²) in [5.74, 6) is -0.148. The number of hydrogen-bond acceptors (Lipinski definition) is 4. The molecule has 1 aromatic heterocycles. The lowest BCUT2D eigenvalue weighted by molar-refractivity contribution is -0.118. The average molecular weight is 386 g/mol. The summed E-state index contributed by atoms with van der Waals surface area (Å²) in [6.45, 7) is 6.59. The first-order valence-electron chi connectivity index (χ1n) is 9.93. The van der Waals surface area contributed by atoms with Crippen molar-refractivity contribution in [3.8, 4) is 0 Å². The molecule has 1 amide bonds. The van der Waals surface area contributed by atoms with E-state index in [1.807, 2.05) is 19.1 Å². The summed E-state index contributed by atoms with van der Waals surface area (Å²) in [6, 6.07) is 8.16. The Hall–Kier alpha value is -2.83. The summed E-state index contributed by atoms with van der Waals surface area (Å²) in [6.07, 6.45) is 3.44. The summed E-state index contributed by atoms with van der Waals surface area (Å²) < 4.78 is 1.33. The highest BCUT2D eigenvalue weighted by molar-refractivity contribution is 5.95. The van der Waals surface area contributed by atoms with Crippen molar-refractivity contribution in [2.45, 2.75) is 59.4 Å². The summed E-state index contributed by atoms with van der Waals surface area (Å²) in [7, 11) is 0. The third kappa shape index (κ3) is 4.91. The lowest BCUT2D eigenvalue weighted by Crippen LogP contribution is -2.41. The molecule has 0 unspecified atom stereocenters. The minimum Gasteiger partial charge on any atom is -0.383 e. The largest absolute Gasteiger partial charge is 0.383 e. The van der Waals surface area contributed by atoms with Gasteiger partial charge in [0.25, 0.3) is 5.56 Å². The number of aromatic nitrogens is 2.